The van der Waals surface area contributed by atoms with Gasteiger partial charge in [-0.2, -0.15) is 0 Å². The van der Waals surface area contributed by atoms with Crippen LogP contribution in [0.25, 0.3) is 0 Å². The Morgan fingerprint density at radius 1 is 0.165 bits per heavy atom. The molecule has 650 valence electrons. The Hall–Kier alpha value is -2.50. The lowest BCUT2D eigenvalue weighted by Crippen LogP contribution is -2.25. The molecule has 10 saturated carbocycles. The van der Waals surface area contributed by atoms with E-state index in [2.05, 4.69) is 219 Å². The van der Waals surface area contributed by atoms with Crippen molar-refractivity contribution in [2.75, 3.05) is 0 Å². The van der Waals surface area contributed by atoms with E-state index in [0.29, 0.717) is 0 Å². The summed E-state index contributed by atoms with van der Waals surface area (Å²) >= 11 is 22.0. The molecule has 0 unspecified atom stereocenters. The second kappa shape index (κ2) is 54.9. The zero-order chi connectivity index (χ0) is 76.8. The molecule has 15 rings (SSSR count). The minimum atomic E-state index is 0. The molecule has 10 fully saturated rings. The molecule has 0 atom stereocenters. The zero-order valence-electron chi connectivity index (χ0n) is 72.7. The smallest absolute Gasteiger partial charge is 0.00401 e. The largest absolute Gasteiger partial charge is 0.269 e. The molecule has 5 aromatic rings. The second-order valence-corrected chi connectivity index (χ2v) is 41.4. The Morgan fingerprint density at radius 2 is 0.270 bits per heavy atom. The molecule has 0 amide bonds. The molecule has 10 aliphatic carbocycles. The second-order valence-electron chi connectivity index (χ2n) is 38.9. The Morgan fingerprint density at radius 3 is 0.374 bits per heavy atom. The third-order valence-corrected chi connectivity index (χ3v) is 33.4. The van der Waals surface area contributed by atoms with Crippen LogP contribution in [0.3, 0.4) is 0 Å². The van der Waals surface area contributed by atoms with Crippen molar-refractivity contribution in [3.8, 4) is 0 Å². The van der Waals surface area contributed by atoms with E-state index in [0.717, 1.165) is 143 Å². The highest BCUT2D eigenvalue weighted by Crippen LogP contribution is 2.51. The van der Waals surface area contributed by atoms with Crippen LogP contribution in [0.4, 0.5) is 23.5 Å². The van der Waals surface area contributed by atoms with Gasteiger partial charge in [0.15, 0.2) is 0 Å². The lowest BCUT2D eigenvalue weighted by molar-refractivity contribution is 0.156. The third-order valence-electron chi connectivity index (χ3n) is 32.0. The zero-order valence-corrected chi connectivity index (χ0v) is 77.2. The standard InChI is InChI=1S/5C21H32S.5FH/c5*1-2-3-16-4-6-17(7-5-16)18-8-10-19(11-9-18)20-12-14-21(22)15-13-20;;;;;/h5*12-19,22H,2-11H2,1H3;5*1H. The van der Waals surface area contributed by atoms with Gasteiger partial charge in [0.05, 0.1) is 0 Å². The highest BCUT2D eigenvalue weighted by molar-refractivity contribution is 7.81. The average molecular weight is 1680 g/mol. The molecule has 0 radical (unpaired) electrons. The minimum absolute atomic E-state index is 0. The first-order valence-electron chi connectivity index (χ1n) is 47.7. The molecular formula is C105H165F5S5. The van der Waals surface area contributed by atoms with E-state index in [1.165, 1.54) is 321 Å². The number of hydrogen-bond donors (Lipinski definition) is 5. The lowest BCUT2D eigenvalue weighted by Gasteiger charge is -2.38. The van der Waals surface area contributed by atoms with Crippen LogP contribution in [0.1, 0.15) is 413 Å². The number of thiol groups is 5. The van der Waals surface area contributed by atoms with Crippen LogP contribution in [0, 0.1) is 88.8 Å². The summed E-state index contributed by atoms with van der Waals surface area (Å²) in [6, 6.07) is 44.5. The molecule has 0 spiro atoms. The lowest BCUT2D eigenvalue weighted by atomic mass is 9.68. The van der Waals surface area contributed by atoms with Crippen molar-refractivity contribution in [1.29, 1.82) is 0 Å². The fourth-order valence-electron chi connectivity index (χ4n) is 25.1. The van der Waals surface area contributed by atoms with Crippen molar-refractivity contribution in [2.24, 2.45) is 88.8 Å². The third kappa shape index (κ3) is 32.6. The van der Waals surface area contributed by atoms with Gasteiger partial charge in [0.2, 0.25) is 0 Å². The molecule has 0 heterocycles. The first-order chi connectivity index (χ1) is 53.8. The highest BCUT2D eigenvalue weighted by atomic mass is 32.1. The predicted molar refractivity (Wildman–Crippen MR) is 506 cm³/mol. The van der Waals surface area contributed by atoms with Crippen molar-refractivity contribution < 1.29 is 23.5 Å². The van der Waals surface area contributed by atoms with E-state index in [1.54, 1.807) is 27.8 Å². The maximum atomic E-state index is 4.40. The number of rotatable bonds is 20. The summed E-state index contributed by atoms with van der Waals surface area (Å²) in [7, 11) is 0. The maximum absolute atomic E-state index is 4.40. The number of benzene rings is 5. The van der Waals surface area contributed by atoms with E-state index < -0.39 is 0 Å². The first-order valence-corrected chi connectivity index (χ1v) is 50.0. The van der Waals surface area contributed by atoms with Crippen LogP contribution in [-0.4, -0.2) is 0 Å². The van der Waals surface area contributed by atoms with Crippen LogP contribution in [0.5, 0.6) is 0 Å². The van der Waals surface area contributed by atoms with Crippen molar-refractivity contribution in [3.05, 3.63) is 149 Å². The maximum Gasteiger partial charge on any atom is 0.00401 e. The van der Waals surface area contributed by atoms with E-state index in [-0.39, 0.29) is 23.5 Å². The average Bonchev–Trinajstić information content (AvgIpc) is 0.854. The molecule has 0 bridgehead atoms. The normalized spacial score (nSPS) is 31.4. The molecule has 0 N–H and O–H groups in total. The van der Waals surface area contributed by atoms with Gasteiger partial charge >= 0.3 is 0 Å². The van der Waals surface area contributed by atoms with Gasteiger partial charge in [-0.1, -0.05) is 224 Å². The molecular weight excluding hydrogens is 1520 g/mol. The molecule has 115 heavy (non-hydrogen) atoms. The number of halogens is 5. The Kier molecular flexibility index (Phi) is 48.3. The fourth-order valence-corrected chi connectivity index (χ4v) is 25.9. The van der Waals surface area contributed by atoms with E-state index >= 15 is 0 Å². The molecule has 0 nitrogen and oxygen atoms in total. The molecule has 0 aliphatic heterocycles. The molecule has 10 heteroatoms. The van der Waals surface area contributed by atoms with E-state index in [4.69, 9.17) is 0 Å². The Balaban J connectivity index is 0.000000221. The Bertz CT molecular complexity index is 2700. The molecule has 5 aromatic carbocycles. The van der Waals surface area contributed by atoms with Crippen molar-refractivity contribution in [3.63, 3.8) is 0 Å². The van der Waals surface area contributed by atoms with E-state index in [1.807, 2.05) is 0 Å². The summed E-state index contributed by atoms with van der Waals surface area (Å²) in [6.07, 6.45) is 73.4. The molecule has 0 aromatic heterocycles. The van der Waals surface area contributed by atoms with Crippen LogP contribution in [0.15, 0.2) is 146 Å². The van der Waals surface area contributed by atoms with Crippen molar-refractivity contribution in [2.45, 2.75) is 410 Å². The van der Waals surface area contributed by atoms with Gasteiger partial charge in [0.1, 0.15) is 0 Å². The van der Waals surface area contributed by atoms with Crippen LogP contribution >= 0.6 is 63.1 Å². The monoisotopic (exact) mass is 1680 g/mol. The number of hydrogen-bond acceptors (Lipinski definition) is 5. The summed E-state index contributed by atoms with van der Waals surface area (Å²) in [6.45, 7) is 11.7. The summed E-state index contributed by atoms with van der Waals surface area (Å²) in [5.74, 6) is 19.7. The van der Waals surface area contributed by atoms with Crippen LogP contribution in [-0.2, 0) is 0 Å². The minimum Gasteiger partial charge on any atom is -0.269 e. The Labute approximate surface area is 728 Å². The summed E-state index contributed by atoms with van der Waals surface area (Å²) in [5, 5.41) is 0. The van der Waals surface area contributed by atoms with E-state index in [9.17, 15) is 0 Å². The fraction of sp³-hybridized carbons (Fsp3) is 0.714. The summed E-state index contributed by atoms with van der Waals surface area (Å²) in [5.41, 5.74) is 7.72. The van der Waals surface area contributed by atoms with Gasteiger partial charge in [-0.05, 0) is 399 Å². The quantitative estimate of drug-likeness (QED) is 0.0372. The SMILES string of the molecule is CCCC1CCC(C2CCC(c3ccc(S)cc3)CC2)CC1.CCCC1CCC(C2CCC(c3ccc(S)cc3)CC2)CC1.CCCC1CCC(C2CCC(c3ccc(S)cc3)CC2)CC1.CCCC1CCC(C2CCC(c3ccc(S)cc3)CC2)CC1.CCCC1CCC(C2CCC(c3ccc(S)cc3)CC2)CC1.F.F.F.F.F. The van der Waals surface area contributed by atoms with Gasteiger partial charge in [-0.15, -0.1) is 63.1 Å². The van der Waals surface area contributed by atoms with Gasteiger partial charge in [0, 0.05) is 24.5 Å². The van der Waals surface area contributed by atoms with Crippen LogP contribution in [0.2, 0.25) is 0 Å². The van der Waals surface area contributed by atoms with Crippen molar-refractivity contribution in [1.82, 2.24) is 0 Å². The molecule has 10 aliphatic rings. The van der Waals surface area contributed by atoms with Crippen LogP contribution < -0.4 is 0 Å². The highest BCUT2D eigenvalue weighted by Gasteiger charge is 2.37. The summed E-state index contributed by atoms with van der Waals surface area (Å²) < 4.78 is 0. The van der Waals surface area contributed by atoms with Crippen molar-refractivity contribution >= 4 is 63.1 Å². The van der Waals surface area contributed by atoms with Gasteiger partial charge in [-0.3, -0.25) is 23.5 Å². The van der Waals surface area contributed by atoms with Gasteiger partial charge in [-0.25, -0.2) is 0 Å². The topological polar surface area (TPSA) is 0 Å². The summed E-state index contributed by atoms with van der Waals surface area (Å²) in [4.78, 5) is 5.42. The van der Waals surface area contributed by atoms with Gasteiger partial charge in [0.25, 0.3) is 0 Å². The predicted octanol–water partition coefficient (Wildman–Crippen LogP) is 35.0. The first kappa shape index (κ1) is 101. The molecule has 0 saturated heterocycles. The van der Waals surface area contributed by atoms with Gasteiger partial charge < -0.3 is 0 Å².